The van der Waals surface area contributed by atoms with Gasteiger partial charge in [-0.3, -0.25) is 4.79 Å². The molecule has 0 spiro atoms. The molecule has 0 amide bonds. The minimum atomic E-state index is -0.225. The average Bonchev–Trinajstić information content (AvgIpc) is 2.20. The maximum absolute atomic E-state index is 11.5. The molecule has 2 bridgehead atoms. The van der Waals surface area contributed by atoms with E-state index in [2.05, 4.69) is 20.8 Å². The van der Waals surface area contributed by atoms with Crippen LogP contribution in [0.4, 0.5) is 0 Å². The Morgan fingerprint density at radius 1 is 1.55 bits per heavy atom. The lowest BCUT2D eigenvalue weighted by Gasteiger charge is -2.32. The van der Waals surface area contributed by atoms with E-state index in [0.29, 0.717) is 11.7 Å². The molecule has 1 radical (unpaired) electrons. The molecule has 0 aliphatic heterocycles. The number of ketones is 1. The van der Waals surface area contributed by atoms with Crippen molar-refractivity contribution >= 4 is 5.78 Å². The summed E-state index contributed by atoms with van der Waals surface area (Å²) in [6.45, 7) is 8.51. The molecule has 1 nitrogen and oxygen atoms in total. The molecule has 0 saturated heterocycles. The van der Waals surface area contributed by atoms with Gasteiger partial charge in [0.05, 0.1) is 0 Å². The zero-order valence-electron chi connectivity index (χ0n) is 7.31. The summed E-state index contributed by atoms with van der Waals surface area (Å²) in [5.74, 6) is 1.02. The summed E-state index contributed by atoms with van der Waals surface area (Å²) < 4.78 is 0. The van der Waals surface area contributed by atoms with E-state index in [9.17, 15) is 4.79 Å². The van der Waals surface area contributed by atoms with Gasteiger partial charge in [0.2, 0.25) is 0 Å². The zero-order chi connectivity index (χ0) is 8.28. The quantitative estimate of drug-likeness (QED) is 0.519. The van der Waals surface area contributed by atoms with E-state index in [1.54, 1.807) is 0 Å². The fourth-order valence-electron chi connectivity index (χ4n) is 2.77. The second-order valence-electron chi connectivity index (χ2n) is 4.67. The fraction of sp³-hybridized carbons (Fsp3) is 0.800. The first-order valence-corrected chi connectivity index (χ1v) is 4.37. The van der Waals surface area contributed by atoms with Crippen LogP contribution in [0.3, 0.4) is 0 Å². The highest BCUT2D eigenvalue weighted by atomic mass is 16.1. The summed E-state index contributed by atoms with van der Waals surface area (Å²) in [5, 5.41) is 0. The molecule has 11 heavy (non-hydrogen) atoms. The van der Waals surface area contributed by atoms with Gasteiger partial charge in [-0.1, -0.05) is 13.8 Å². The van der Waals surface area contributed by atoms with E-state index in [1.165, 1.54) is 6.42 Å². The Labute approximate surface area is 68.2 Å². The Bertz CT molecular complexity index is 217. The molecule has 0 aromatic rings. The molecule has 0 aromatic heterocycles. The van der Waals surface area contributed by atoms with Crippen molar-refractivity contribution in [2.24, 2.45) is 16.7 Å². The van der Waals surface area contributed by atoms with Crippen LogP contribution < -0.4 is 0 Å². The second-order valence-corrected chi connectivity index (χ2v) is 4.67. The SMILES string of the molecule is [CH2][C@@]12CCC(CC1=O)C2(C)C. The maximum Gasteiger partial charge on any atom is 0.139 e. The van der Waals surface area contributed by atoms with Crippen LogP contribution in [-0.4, -0.2) is 5.78 Å². The lowest BCUT2D eigenvalue weighted by Crippen LogP contribution is -2.32. The van der Waals surface area contributed by atoms with Crippen molar-refractivity contribution in [3.05, 3.63) is 6.92 Å². The molecule has 1 heteroatoms. The summed E-state index contributed by atoms with van der Waals surface area (Å²) in [6.07, 6.45) is 3.02. The summed E-state index contributed by atoms with van der Waals surface area (Å²) in [4.78, 5) is 11.5. The third kappa shape index (κ3) is 0.605. The second kappa shape index (κ2) is 1.70. The van der Waals surface area contributed by atoms with Crippen molar-refractivity contribution in [2.75, 3.05) is 0 Å². The molecular weight excluding hydrogens is 136 g/mol. The molecule has 2 aliphatic rings. The van der Waals surface area contributed by atoms with Gasteiger partial charge in [0.15, 0.2) is 0 Å². The predicted molar refractivity (Wildman–Crippen MR) is 43.9 cm³/mol. The number of rotatable bonds is 0. The van der Waals surface area contributed by atoms with E-state index in [1.807, 2.05) is 0 Å². The third-order valence-corrected chi connectivity index (χ3v) is 4.14. The normalized spacial score (nSPS) is 46.8. The fourth-order valence-corrected chi connectivity index (χ4v) is 2.77. The molecule has 1 unspecified atom stereocenters. The Balaban J connectivity index is 2.47. The van der Waals surface area contributed by atoms with Crippen molar-refractivity contribution < 1.29 is 4.79 Å². The lowest BCUT2D eigenvalue weighted by atomic mass is 9.70. The van der Waals surface area contributed by atoms with Crippen LogP contribution in [0.2, 0.25) is 0 Å². The first kappa shape index (κ1) is 7.33. The molecule has 2 atom stereocenters. The Hall–Kier alpha value is -0.330. The Kier molecular flexibility index (Phi) is 1.13. The first-order chi connectivity index (χ1) is 4.98. The van der Waals surface area contributed by atoms with Gasteiger partial charge in [-0.15, -0.1) is 0 Å². The van der Waals surface area contributed by atoms with E-state index in [0.717, 1.165) is 12.8 Å². The van der Waals surface area contributed by atoms with Gasteiger partial charge in [-0.05, 0) is 31.1 Å². The number of hydrogen-bond donors (Lipinski definition) is 0. The third-order valence-electron chi connectivity index (χ3n) is 4.14. The summed E-state index contributed by atoms with van der Waals surface area (Å²) in [5.41, 5.74) is -0.0538. The summed E-state index contributed by atoms with van der Waals surface area (Å²) in [6, 6.07) is 0. The minimum absolute atomic E-state index is 0.171. The molecule has 2 saturated carbocycles. The molecule has 61 valence electrons. The highest BCUT2D eigenvalue weighted by Gasteiger charge is 2.61. The van der Waals surface area contributed by atoms with Crippen LogP contribution in [0.25, 0.3) is 0 Å². The van der Waals surface area contributed by atoms with Crippen LogP contribution in [0.5, 0.6) is 0 Å². The largest absolute Gasteiger partial charge is 0.299 e. The summed E-state index contributed by atoms with van der Waals surface area (Å²) in [7, 11) is 0. The van der Waals surface area contributed by atoms with Crippen molar-refractivity contribution in [3.63, 3.8) is 0 Å². The Morgan fingerprint density at radius 2 is 2.18 bits per heavy atom. The van der Waals surface area contributed by atoms with E-state index >= 15 is 0 Å². The number of Topliss-reactive ketones (excluding diaryl/α,β-unsaturated/α-hetero) is 1. The van der Waals surface area contributed by atoms with Gasteiger partial charge in [0.25, 0.3) is 0 Å². The van der Waals surface area contributed by atoms with Crippen LogP contribution in [0.1, 0.15) is 33.1 Å². The lowest BCUT2D eigenvalue weighted by molar-refractivity contribution is -0.126. The van der Waals surface area contributed by atoms with Gasteiger partial charge in [0, 0.05) is 11.8 Å². The van der Waals surface area contributed by atoms with Crippen LogP contribution in [-0.2, 0) is 4.79 Å². The first-order valence-electron chi connectivity index (χ1n) is 4.37. The van der Waals surface area contributed by atoms with Gasteiger partial charge >= 0.3 is 0 Å². The van der Waals surface area contributed by atoms with Crippen LogP contribution >= 0.6 is 0 Å². The maximum atomic E-state index is 11.5. The average molecular weight is 151 g/mol. The number of fused-ring (bicyclic) bond motifs is 2. The highest BCUT2D eigenvalue weighted by molar-refractivity contribution is 5.90. The van der Waals surface area contributed by atoms with E-state index < -0.39 is 0 Å². The van der Waals surface area contributed by atoms with Crippen molar-refractivity contribution in [2.45, 2.75) is 33.1 Å². The molecule has 2 rings (SSSR count). The zero-order valence-corrected chi connectivity index (χ0v) is 7.31. The van der Waals surface area contributed by atoms with Gasteiger partial charge in [-0.2, -0.15) is 0 Å². The molecule has 0 aromatic carbocycles. The van der Waals surface area contributed by atoms with Crippen molar-refractivity contribution in [3.8, 4) is 0 Å². The van der Waals surface area contributed by atoms with Gasteiger partial charge < -0.3 is 0 Å². The molecular formula is C10H15O. The van der Waals surface area contributed by atoms with Gasteiger partial charge in [-0.25, -0.2) is 0 Å². The van der Waals surface area contributed by atoms with Crippen LogP contribution in [0, 0.1) is 23.7 Å². The standard InChI is InChI=1S/C10H15O/c1-9(2)7-4-5-10(9,3)8(11)6-7/h7H,3-6H2,1-2H3/t7?,10-/m1/s1. The molecule has 2 aliphatic carbocycles. The summed E-state index contributed by atoms with van der Waals surface area (Å²) >= 11 is 0. The van der Waals surface area contributed by atoms with Gasteiger partial charge in [0.1, 0.15) is 5.78 Å². The number of carbonyl (C=O) groups excluding carboxylic acids is 1. The smallest absolute Gasteiger partial charge is 0.139 e. The topological polar surface area (TPSA) is 17.1 Å². The van der Waals surface area contributed by atoms with Crippen molar-refractivity contribution in [1.82, 2.24) is 0 Å². The van der Waals surface area contributed by atoms with E-state index in [-0.39, 0.29) is 10.8 Å². The molecule has 0 heterocycles. The number of hydrogen-bond acceptors (Lipinski definition) is 1. The Morgan fingerprint density at radius 3 is 2.36 bits per heavy atom. The highest BCUT2D eigenvalue weighted by Crippen LogP contribution is 2.63. The van der Waals surface area contributed by atoms with E-state index in [4.69, 9.17) is 0 Å². The minimum Gasteiger partial charge on any atom is -0.299 e. The predicted octanol–water partition coefficient (Wildman–Crippen LogP) is 2.22. The molecule has 0 N–H and O–H groups in total. The van der Waals surface area contributed by atoms with Crippen molar-refractivity contribution in [1.29, 1.82) is 0 Å². The number of carbonyl (C=O) groups is 1. The monoisotopic (exact) mass is 151 g/mol. The van der Waals surface area contributed by atoms with Crippen LogP contribution in [0.15, 0.2) is 0 Å². The molecule has 2 fully saturated rings.